The highest BCUT2D eigenvalue weighted by Crippen LogP contribution is 2.26. The molecule has 0 bridgehead atoms. The van der Waals surface area contributed by atoms with Crippen molar-refractivity contribution in [2.45, 2.75) is 26.5 Å². The minimum Gasteiger partial charge on any atom is -0.491 e. The van der Waals surface area contributed by atoms with Crippen LogP contribution in [0.2, 0.25) is 5.02 Å². The summed E-state index contributed by atoms with van der Waals surface area (Å²) in [5.74, 6) is 0.898. The van der Waals surface area contributed by atoms with E-state index in [1.807, 2.05) is 44.2 Å². The molecule has 4 heteroatoms. The van der Waals surface area contributed by atoms with Gasteiger partial charge in [0.15, 0.2) is 0 Å². The van der Waals surface area contributed by atoms with Crippen molar-refractivity contribution in [3.8, 4) is 5.75 Å². The van der Waals surface area contributed by atoms with Gasteiger partial charge in [-0.1, -0.05) is 23.7 Å². The summed E-state index contributed by atoms with van der Waals surface area (Å²) >= 11 is 9.43. The molecule has 2 aromatic carbocycles. The number of hydrogen-bond acceptors (Lipinski definition) is 2. The van der Waals surface area contributed by atoms with Crippen molar-refractivity contribution in [3.05, 3.63) is 57.5 Å². The lowest BCUT2D eigenvalue weighted by Crippen LogP contribution is -2.06. The Bertz CT molecular complexity index is 586. The molecule has 0 unspecified atom stereocenters. The van der Waals surface area contributed by atoms with Crippen LogP contribution < -0.4 is 10.1 Å². The van der Waals surface area contributed by atoms with Gasteiger partial charge in [-0.15, -0.1) is 0 Å². The fourth-order valence-corrected chi connectivity index (χ4v) is 2.65. The molecule has 0 spiro atoms. The van der Waals surface area contributed by atoms with Gasteiger partial charge in [0.2, 0.25) is 0 Å². The summed E-state index contributed by atoms with van der Waals surface area (Å²) in [6.07, 6.45) is 0.184. The fourth-order valence-electron chi connectivity index (χ4n) is 1.83. The predicted molar refractivity (Wildman–Crippen MR) is 88.7 cm³/mol. The largest absolute Gasteiger partial charge is 0.491 e. The molecule has 0 aliphatic rings. The summed E-state index contributed by atoms with van der Waals surface area (Å²) in [7, 11) is 0. The van der Waals surface area contributed by atoms with E-state index in [0.717, 1.165) is 27.5 Å². The maximum atomic E-state index is 5.93. The van der Waals surface area contributed by atoms with Gasteiger partial charge in [0.05, 0.1) is 6.10 Å². The van der Waals surface area contributed by atoms with Crippen LogP contribution in [-0.2, 0) is 6.54 Å². The lowest BCUT2D eigenvalue weighted by Gasteiger charge is -2.12. The zero-order valence-corrected chi connectivity index (χ0v) is 13.8. The fraction of sp³-hybridized carbons (Fsp3) is 0.250. The Morgan fingerprint density at radius 2 is 2.00 bits per heavy atom. The summed E-state index contributed by atoms with van der Waals surface area (Å²) < 4.78 is 6.65. The van der Waals surface area contributed by atoms with Gasteiger partial charge in [-0.3, -0.25) is 0 Å². The molecular weight excluding hydrogens is 338 g/mol. The number of hydrogen-bond donors (Lipinski definition) is 1. The number of anilines is 1. The summed E-state index contributed by atoms with van der Waals surface area (Å²) in [5.41, 5.74) is 2.19. The molecule has 0 saturated heterocycles. The third kappa shape index (κ3) is 4.43. The van der Waals surface area contributed by atoms with Crippen molar-refractivity contribution in [3.63, 3.8) is 0 Å². The third-order valence-corrected chi connectivity index (χ3v) is 3.58. The normalized spacial score (nSPS) is 10.7. The van der Waals surface area contributed by atoms with Crippen molar-refractivity contribution in [2.24, 2.45) is 0 Å². The topological polar surface area (TPSA) is 21.3 Å². The van der Waals surface area contributed by atoms with Crippen LogP contribution in [0.4, 0.5) is 5.69 Å². The molecule has 20 heavy (non-hydrogen) atoms. The first-order chi connectivity index (χ1) is 9.54. The minimum atomic E-state index is 0.184. The first-order valence-corrected chi connectivity index (χ1v) is 7.66. The molecule has 0 amide bonds. The lowest BCUT2D eigenvalue weighted by molar-refractivity contribution is 0.242. The molecule has 0 saturated carbocycles. The molecule has 2 rings (SSSR count). The van der Waals surface area contributed by atoms with E-state index in [-0.39, 0.29) is 6.10 Å². The van der Waals surface area contributed by atoms with Gasteiger partial charge in [0.25, 0.3) is 0 Å². The highest BCUT2D eigenvalue weighted by atomic mass is 79.9. The van der Waals surface area contributed by atoms with Gasteiger partial charge in [-0.25, -0.2) is 0 Å². The van der Waals surface area contributed by atoms with Crippen molar-refractivity contribution >= 4 is 33.2 Å². The summed E-state index contributed by atoms with van der Waals surface area (Å²) in [6.45, 7) is 4.78. The molecule has 0 aromatic heterocycles. The molecule has 0 fully saturated rings. The third-order valence-electron chi connectivity index (χ3n) is 2.68. The van der Waals surface area contributed by atoms with Crippen molar-refractivity contribution in [1.29, 1.82) is 0 Å². The van der Waals surface area contributed by atoms with Crippen LogP contribution in [0.25, 0.3) is 0 Å². The Morgan fingerprint density at radius 1 is 1.20 bits per heavy atom. The highest BCUT2D eigenvalue weighted by molar-refractivity contribution is 9.10. The zero-order chi connectivity index (χ0) is 14.5. The van der Waals surface area contributed by atoms with E-state index >= 15 is 0 Å². The maximum absolute atomic E-state index is 5.93. The van der Waals surface area contributed by atoms with Gasteiger partial charge in [-0.2, -0.15) is 0 Å². The Kier molecular flexibility index (Phi) is 5.32. The number of rotatable bonds is 5. The highest BCUT2D eigenvalue weighted by Gasteiger charge is 2.02. The zero-order valence-electron chi connectivity index (χ0n) is 11.5. The van der Waals surface area contributed by atoms with Gasteiger partial charge in [0, 0.05) is 21.7 Å². The van der Waals surface area contributed by atoms with Crippen molar-refractivity contribution < 1.29 is 4.74 Å². The van der Waals surface area contributed by atoms with Crippen LogP contribution in [-0.4, -0.2) is 6.10 Å². The molecule has 0 aliphatic carbocycles. The first-order valence-electron chi connectivity index (χ1n) is 6.49. The molecular formula is C16H17BrClNO. The van der Waals surface area contributed by atoms with E-state index < -0.39 is 0 Å². The second-order valence-electron chi connectivity index (χ2n) is 4.79. The molecule has 0 atom stereocenters. The van der Waals surface area contributed by atoms with Crippen LogP contribution in [0, 0.1) is 0 Å². The minimum absolute atomic E-state index is 0.184. The van der Waals surface area contributed by atoms with Gasteiger partial charge >= 0.3 is 0 Å². The number of halogens is 2. The lowest BCUT2D eigenvalue weighted by atomic mass is 10.2. The average molecular weight is 355 g/mol. The van der Waals surface area contributed by atoms with E-state index in [9.17, 15) is 0 Å². The Balaban J connectivity index is 2.03. The Hall–Kier alpha value is -1.19. The van der Waals surface area contributed by atoms with Crippen LogP contribution in [0.3, 0.4) is 0 Å². The van der Waals surface area contributed by atoms with E-state index in [0.29, 0.717) is 0 Å². The van der Waals surface area contributed by atoms with E-state index in [2.05, 4.69) is 33.4 Å². The van der Waals surface area contributed by atoms with Crippen molar-refractivity contribution in [1.82, 2.24) is 0 Å². The van der Waals surface area contributed by atoms with Crippen LogP contribution >= 0.6 is 27.5 Å². The molecule has 0 radical (unpaired) electrons. The van der Waals surface area contributed by atoms with Crippen LogP contribution in [0.1, 0.15) is 19.4 Å². The standard InChI is InChI=1S/C16H17BrClNO/c1-11(2)20-14-5-3-4-12(8-14)10-19-16-7-6-13(18)9-15(16)17/h3-9,11,19H,10H2,1-2H3. The molecule has 0 heterocycles. The van der Waals surface area contributed by atoms with Gasteiger partial charge in [0.1, 0.15) is 5.75 Å². The van der Waals surface area contributed by atoms with Crippen LogP contribution in [0.15, 0.2) is 46.9 Å². The average Bonchev–Trinajstić information content (AvgIpc) is 2.37. The number of ether oxygens (including phenoxy) is 1. The Labute approximate surface area is 133 Å². The summed E-state index contributed by atoms with van der Waals surface area (Å²) in [6, 6.07) is 13.8. The summed E-state index contributed by atoms with van der Waals surface area (Å²) in [5, 5.41) is 4.09. The maximum Gasteiger partial charge on any atom is 0.120 e. The van der Waals surface area contributed by atoms with E-state index in [4.69, 9.17) is 16.3 Å². The van der Waals surface area contributed by atoms with E-state index in [1.54, 1.807) is 0 Å². The second-order valence-corrected chi connectivity index (χ2v) is 6.08. The molecule has 2 aromatic rings. The number of nitrogens with one attached hydrogen (secondary N) is 1. The van der Waals surface area contributed by atoms with Gasteiger partial charge in [-0.05, 0) is 65.7 Å². The number of benzene rings is 2. The molecule has 2 nitrogen and oxygen atoms in total. The SMILES string of the molecule is CC(C)Oc1cccc(CNc2ccc(Cl)cc2Br)c1. The Morgan fingerprint density at radius 3 is 2.70 bits per heavy atom. The monoisotopic (exact) mass is 353 g/mol. The van der Waals surface area contributed by atoms with E-state index in [1.165, 1.54) is 5.56 Å². The first kappa shape index (κ1) is 15.2. The predicted octanol–water partition coefficient (Wildman–Crippen LogP) is 5.50. The molecule has 1 N–H and O–H groups in total. The van der Waals surface area contributed by atoms with Gasteiger partial charge < -0.3 is 10.1 Å². The second kappa shape index (κ2) is 7.00. The quantitative estimate of drug-likeness (QED) is 0.765. The van der Waals surface area contributed by atoms with Crippen molar-refractivity contribution in [2.75, 3.05) is 5.32 Å². The smallest absolute Gasteiger partial charge is 0.120 e. The van der Waals surface area contributed by atoms with Crippen LogP contribution in [0.5, 0.6) is 5.75 Å². The summed E-state index contributed by atoms with van der Waals surface area (Å²) in [4.78, 5) is 0. The molecule has 106 valence electrons. The molecule has 0 aliphatic heterocycles.